The van der Waals surface area contributed by atoms with E-state index < -0.39 is 16.1 Å². The Morgan fingerprint density at radius 2 is 2.22 bits per heavy atom. The molecule has 1 fully saturated rings. The van der Waals surface area contributed by atoms with E-state index in [4.69, 9.17) is 5.73 Å². The minimum absolute atomic E-state index is 0.181. The normalized spacial score (nSPS) is 21.4. The van der Waals surface area contributed by atoms with Crippen LogP contribution in [0, 0.1) is 6.92 Å². The highest BCUT2D eigenvalue weighted by atomic mass is 32.2. The average molecular weight is 270 g/mol. The Kier molecular flexibility index (Phi) is 3.72. The Morgan fingerprint density at radius 3 is 2.72 bits per heavy atom. The minimum Gasteiger partial charge on any atom is -0.392 e. The van der Waals surface area contributed by atoms with Crippen LogP contribution in [0.4, 0.5) is 0 Å². The molecule has 0 spiro atoms. The fraction of sp³-hybridized carbons (Fsp3) is 0.500. The maximum Gasteiger partial charge on any atom is 0.243 e. The standard InChI is InChI=1S/C12H18N2O3S/c1-9-6-12(3-2-10(9)7-13)18(16,17)14-5-4-11(15)8-14/h2-3,6,11,15H,4-5,7-8,13H2,1H3. The summed E-state index contributed by atoms with van der Waals surface area (Å²) in [6.45, 7) is 2.80. The molecule has 1 saturated heterocycles. The molecule has 0 saturated carbocycles. The fourth-order valence-electron chi connectivity index (χ4n) is 2.14. The Hall–Kier alpha value is -0.950. The van der Waals surface area contributed by atoms with Crippen molar-refractivity contribution in [2.75, 3.05) is 13.1 Å². The predicted octanol–water partition coefficient (Wildman–Crippen LogP) is 0.209. The summed E-state index contributed by atoms with van der Waals surface area (Å²) in [5.41, 5.74) is 7.37. The number of sulfonamides is 1. The zero-order valence-electron chi connectivity index (χ0n) is 10.3. The highest BCUT2D eigenvalue weighted by Gasteiger charge is 2.31. The maximum absolute atomic E-state index is 12.3. The van der Waals surface area contributed by atoms with Gasteiger partial charge in [0.05, 0.1) is 11.0 Å². The predicted molar refractivity (Wildman–Crippen MR) is 68.5 cm³/mol. The van der Waals surface area contributed by atoms with Crippen molar-refractivity contribution in [2.45, 2.75) is 30.9 Å². The molecule has 0 bridgehead atoms. The molecule has 2 rings (SSSR count). The monoisotopic (exact) mass is 270 g/mol. The lowest BCUT2D eigenvalue weighted by Crippen LogP contribution is -2.29. The SMILES string of the molecule is Cc1cc(S(=O)(=O)N2CCC(O)C2)ccc1CN. The van der Waals surface area contributed by atoms with Gasteiger partial charge >= 0.3 is 0 Å². The van der Waals surface area contributed by atoms with Crippen molar-refractivity contribution >= 4 is 10.0 Å². The van der Waals surface area contributed by atoms with Gasteiger partial charge in [0.1, 0.15) is 0 Å². The largest absolute Gasteiger partial charge is 0.392 e. The summed E-state index contributed by atoms with van der Waals surface area (Å²) in [6, 6.07) is 4.96. The average Bonchev–Trinajstić information content (AvgIpc) is 2.76. The van der Waals surface area contributed by atoms with Gasteiger partial charge in [0.15, 0.2) is 0 Å². The molecule has 100 valence electrons. The third kappa shape index (κ3) is 2.42. The van der Waals surface area contributed by atoms with Gasteiger partial charge in [0, 0.05) is 19.6 Å². The lowest BCUT2D eigenvalue weighted by Gasteiger charge is -2.16. The number of hydrogen-bond acceptors (Lipinski definition) is 4. The molecule has 0 aromatic heterocycles. The van der Waals surface area contributed by atoms with Gasteiger partial charge in [-0.3, -0.25) is 0 Å². The second-order valence-corrected chi connectivity index (χ2v) is 6.54. The quantitative estimate of drug-likeness (QED) is 0.822. The van der Waals surface area contributed by atoms with Gasteiger partial charge in [-0.15, -0.1) is 0 Å². The van der Waals surface area contributed by atoms with Gasteiger partial charge in [0.2, 0.25) is 10.0 Å². The summed E-state index contributed by atoms with van der Waals surface area (Å²) in [5.74, 6) is 0. The van der Waals surface area contributed by atoms with Crippen LogP contribution in [0.3, 0.4) is 0 Å². The van der Waals surface area contributed by atoms with Crippen LogP contribution in [-0.2, 0) is 16.6 Å². The van der Waals surface area contributed by atoms with Crippen LogP contribution in [0.2, 0.25) is 0 Å². The molecule has 1 aliphatic heterocycles. The zero-order chi connectivity index (χ0) is 13.3. The number of benzene rings is 1. The molecule has 1 aromatic carbocycles. The minimum atomic E-state index is -3.49. The second kappa shape index (κ2) is 4.97. The number of β-amino-alcohol motifs (C(OH)–C–C–N with tert-alkyl or cyclic N) is 1. The molecule has 0 aliphatic carbocycles. The Labute approximate surface area is 107 Å². The highest BCUT2D eigenvalue weighted by Crippen LogP contribution is 2.22. The Balaban J connectivity index is 2.33. The van der Waals surface area contributed by atoms with Crippen molar-refractivity contribution in [2.24, 2.45) is 5.73 Å². The van der Waals surface area contributed by atoms with Crippen LogP contribution in [0.1, 0.15) is 17.5 Å². The third-order valence-corrected chi connectivity index (χ3v) is 5.16. The van der Waals surface area contributed by atoms with Crippen molar-refractivity contribution in [1.82, 2.24) is 4.31 Å². The summed E-state index contributed by atoms with van der Waals surface area (Å²) in [4.78, 5) is 0.270. The molecule has 1 aliphatic rings. The molecule has 3 N–H and O–H groups in total. The first-order valence-electron chi connectivity index (χ1n) is 5.93. The van der Waals surface area contributed by atoms with Gasteiger partial charge in [-0.25, -0.2) is 8.42 Å². The number of aryl methyl sites for hydroxylation is 1. The van der Waals surface area contributed by atoms with Crippen molar-refractivity contribution < 1.29 is 13.5 Å². The number of nitrogens with two attached hydrogens (primary N) is 1. The second-order valence-electron chi connectivity index (χ2n) is 4.60. The van der Waals surface area contributed by atoms with E-state index in [1.54, 1.807) is 18.2 Å². The summed E-state index contributed by atoms with van der Waals surface area (Å²) in [6.07, 6.45) is -0.0526. The molecule has 1 heterocycles. The van der Waals surface area contributed by atoms with Crippen LogP contribution < -0.4 is 5.73 Å². The molecule has 1 atom stereocenters. The van der Waals surface area contributed by atoms with E-state index >= 15 is 0 Å². The van der Waals surface area contributed by atoms with Crippen LogP contribution >= 0.6 is 0 Å². The Morgan fingerprint density at radius 1 is 1.50 bits per heavy atom. The molecule has 0 amide bonds. The smallest absolute Gasteiger partial charge is 0.243 e. The van der Waals surface area contributed by atoms with Gasteiger partial charge in [0.25, 0.3) is 0 Å². The number of rotatable bonds is 3. The molecular formula is C12H18N2O3S. The third-order valence-electron chi connectivity index (χ3n) is 3.30. The van der Waals surface area contributed by atoms with E-state index in [9.17, 15) is 13.5 Å². The van der Waals surface area contributed by atoms with E-state index in [1.807, 2.05) is 6.92 Å². The van der Waals surface area contributed by atoms with E-state index in [0.717, 1.165) is 11.1 Å². The highest BCUT2D eigenvalue weighted by molar-refractivity contribution is 7.89. The lowest BCUT2D eigenvalue weighted by molar-refractivity contribution is 0.189. The van der Waals surface area contributed by atoms with Crippen LogP contribution in [0.15, 0.2) is 23.1 Å². The number of nitrogens with zero attached hydrogens (tertiary/aromatic N) is 1. The van der Waals surface area contributed by atoms with Crippen LogP contribution in [0.25, 0.3) is 0 Å². The molecular weight excluding hydrogens is 252 g/mol. The topological polar surface area (TPSA) is 83.6 Å². The molecule has 5 nitrogen and oxygen atoms in total. The van der Waals surface area contributed by atoms with E-state index in [1.165, 1.54) is 4.31 Å². The fourth-order valence-corrected chi connectivity index (χ4v) is 3.71. The molecule has 6 heteroatoms. The number of aliphatic hydroxyl groups is 1. The molecule has 18 heavy (non-hydrogen) atoms. The Bertz CT molecular complexity index is 542. The van der Waals surface area contributed by atoms with Crippen LogP contribution in [0.5, 0.6) is 0 Å². The van der Waals surface area contributed by atoms with Gasteiger partial charge < -0.3 is 10.8 Å². The van der Waals surface area contributed by atoms with Crippen molar-refractivity contribution in [3.63, 3.8) is 0 Å². The first-order valence-corrected chi connectivity index (χ1v) is 7.37. The first kappa shape index (κ1) is 13.5. The van der Waals surface area contributed by atoms with Crippen molar-refractivity contribution in [3.05, 3.63) is 29.3 Å². The number of hydrogen-bond donors (Lipinski definition) is 2. The number of aliphatic hydroxyl groups excluding tert-OH is 1. The summed E-state index contributed by atoms with van der Waals surface area (Å²) in [5, 5.41) is 9.42. The first-order chi connectivity index (χ1) is 8.45. The molecule has 0 radical (unpaired) electrons. The summed E-state index contributed by atoms with van der Waals surface area (Å²) < 4.78 is 26.0. The van der Waals surface area contributed by atoms with Gasteiger partial charge in [-0.05, 0) is 36.6 Å². The lowest BCUT2D eigenvalue weighted by atomic mass is 10.1. The van der Waals surface area contributed by atoms with Crippen molar-refractivity contribution in [1.29, 1.82) is 0 Å². The zero-order valence-corrected chi connectivity index (χ0v) is 11.2. The summed E-state index contributed by atoms with van der Waals surface area (Å²) in [7, 11) is -3.49. The van der Waals surface area contributed by atoms with E-state index in [-0.39, 0.29) is 11.4 Å². The maximum atomic E-state index is 12.3. The van der Waals surface area contributed by atoms with Gasteiger partial charge in [-0.1, -0.05) is 6.07 Å². The van der Waals surface area contributed by atoms with Gasteiger partial charge in [-0.2, -0.15) is 4.31 Å². The summed E-state index contributed by atoms with van der Waals surface area (Å²) >= 11 is 0. The molecule has 1 unspecified atom stereocenters. The van der Waals surface area contributed by atoms with E-state index in [2.05, 4.69) is 0 Å². The molecule has 1 aromatic rings. The van der Waals surface area contributed by atoms with Crippen LogP contribution in [-0.4, -0.2) is 37.0 Å². The van der Waals surface area contributed by atoms with E-state index in [0.29, 0.717) is 19.5 Å². The van der Waals surface area contributed by atoms with Crippen molar-refractivity contribution in [3.8, 4) is 0 Å².